The Bertz CT molecular complexity index is 938. The molecule has 0 aliphatic carbocycles. The number of carbonyl (C=O) groups excluding carboxylic acids is 3. The molecule has 1 heterocycles. The summed E-state index contributed by atoms with van der Waals surface area (Å²) in [6.07, 6.45) is 0.00183. The van der Waals surface area contributed by atoms with Gasteiger partial charge in [0.2, 0.25) is 17.7 Å². The molecular formula is C19H16ClF2N3O3. The molecule has 1 atom stereocenters. The molecule has 1 aliphatic rings. The van der Waals surface area contributed by atoms with Gasteiger partial charge in [-0.15, -0.1) is 0 Å². The van der Waals surface area contributed by atoms with Crippen molar-refractivity contribution in [3.05, 3.63) is 59.1 Å². The highest BCUT2D eigenvalue weighted by atomic mass is 35.5. The molecular weight excluding hydrogens is 392 g/mol. The Hall–Kier alpha value is -3.00. The summed E-state index contributed by atoms with van der Waals surface area (Å²) in [5.74, 6) is -4.04. The fourth-order valence-electron chi connectivity index (χ4n) is 2.88. The lowest BCUT2D eigenvalue weighted by Crippen LogP contribution is -2.38. The molecule has 2 N–H and O–H groups in total. The number of halogens is 3. The maximum Gasteiger partial charge on any atom is 0.243 e. The molecule has 3 amide bonds. The van der Waals surface area contributed by atoms with Gasteiger partial charge in [0.05, 0.1) is 23.2 Å². The van der Waals surface area contributed by atoms with Crippen LogP contribution in [0.3, 0.4) is 0 Å². The van der Waals surface area contributed by atoms with Crippen molar-refractivity contribution in [2.45, 2.75) is 6.42 Å². The molecule has 2 aromatic carbocycles. The number of nitrogens with one attached hydrogen (secondary N) is 2. The standard InChI is InChI=1S/C19H16ClF2N3O3/c20-13-3-1-2-4-16(13)25-10-11(7-18(25)27)19(28)23-9-17(26)24-12-5-6-14(21)15(22)8-12/h1-6,8,11H,7,9-10H2,(H,23,28)(H,24,26)/t11-/m1/s1. The Morgan fingerprint density at radius 2 is 1.89 bits per heavy atom. The number of anilines is 2. The minimum atomic E-state index is -1.09. The van der Waals surface area contributed by atoms with Gasteiger partial charge in [0.25, 0.3) is 0 Å². The number of amides is 3. The van der Waals surface area contributed by atoms with Crippen LogP contribution in [-0.4, -0.2) is 30.8 Å². The quantitative estimate of drug-likeness (QED) is 0.800. The topological polar surface area (TPSA) is 78.5 Å². The fraction of sp³-hybridized carbons (Fsp3) is 0.211. The van der Waals surface area contributed by atoms with Crippen LogP contribution in [0, 0.1) is 17.6 Å². The molecule has 146 valence electrons. The van der Waals surface area contributed by atoms with E-state index in [4.69, 9.17) is 11.6 Å². The molecule has 0 radical (unpaired) electrons. The van der Waals surface area contributed by atoms with Crippen LogP contribution in [0.1, 0.15) is 6.42 Å². The zero-order chi connectivity index (χ0) is 20.3. The molecule has 6 nitrogen and oxygen atoms in total. The lowest BCUT2D eigenvalue weighted by atomic mass is 10.1. The van der Waals surface area contributed by atoms with Gasteiger partial charge in [-0.05, 0) is 24.3 Å². The van der Waals surface area contributed by atoms with Crippen LogP contribution in [0.5, 0.6) is 0 Å². The molecule has 9 heteroatoms. The smallest absolute Gasteiger partial charge is 0.243 e. The molecule has 0 bridgehead atoms. The van der Waals surface area contributed by atoms with E-state index in [9.17, 15) is 23.2 Å². The summed E-state index contributed by atoms with van der Waals surface area (Å²) >= 11 is 6.10. The largest absolute Gasteiger partial charge is 0.347 e. The molecule has 3 rings (SSSR count). The van der Waals surface area contributed by atoms with Crippen molar-refractivity contribution in [2.24, 2.45) is 5.92 Å². The van der Waals surface area contributed by atoms with Crippen LogP contribution < -0.4 is 15.5 Å². The van der Waals surface area contributed by atoms with Crippen molar-refractivity contribution in [2.75, 3.05) is 23.3 Å². The molecule has 28 heavy (non-hydrogen) atoms. The summed E-state index contributed by atoms with van der Waals surface area (Å²) < 4.78 is 26.0. The third-order valence-electron chi connectivity index (χ3n) is 4.27. The Balaban J connectivity index is 1.54. The lowest BCUT2D eigenvalue weighted by Gasteiger charge is -2.18. The van der Waals surface area contributed by atoms with Gasteiger partial charge < -0.3 is 15.5 Å². The first kappa shape index (κ1) is 19.8. The van der Waals surface area contributed by atoms with Gasteiger partial charge in [0.1, 0.15) is 0 Å². The highest BCUT2D eigenvalue weighted by Gasteiger charge is 2.35. The number of rotatable bonds is 5. The van der Waals surface area contributed by atoms with E-state index in [1.165, 1.54) is 11.0 Å². The Kier molecular flexibility index (Phi) is 5.89. The van der Waals surface area contributed by atoms with E-state index in [1.807, 2.05) is 0 Å². The van der Waals surface area contributed by atoms with Crippen LogP contribution in [0.2, 0.25) is 5.02 Å². The first-order chi connectivity index (χ1) is 13.3. The van der Waals surface area contributed by atoms with E-state index in [0.717, 1.165) is 12.1 Å². The van der Waals surface area contributed by atoms with Crippen LogP contribution in [0.25, 0.3) is 0 Å². The SMILES string of the molecule is O=C(CNC(=O)[C@@H]1CC(=O)N(c2ccccc2Cl)C1)Nc1ccc(F)c(F)c1. The molecule has 0 aromatic heterocycles. The van der Waals surface area contributed by atoms with Crippen molar-refractivity contribution in [1.82, 2.24) is 5.32 Å². The molecule has 0 spiro atoms. The number of hydrogen-bond donors (Lipinski definition) is 2. The zero-order valence-corrected chi connectivity index (χ0v) is 15.3. The van der Waals surface area contributed by atoms with Crippen molar-refractivity contribution in [3.8, 4) is 0 Å². The summed E-state index contributed by atoms with van der Waals surface area (Å²) in [5, 5.41) is 5.20. The number of hydrogen-bond acceptors (Lipinski definition) is 3. The summed E-state index contributed by atoms with van der Waals surface area (Å²) in [5.41, 5.74) is 0.597. The second-order valence-electron chi connectivity index (χ2n) is 6.25. The molecule has 1 aliphatic heterocycles. The van der Waals surface area contributed by atoms with Gasteiger partial charge in [-0.3, -0.25) is 14.4 Å². The lowest BCUT2D eigenvalue weighted by molar-refractivity contribution is -0.127. The molecule has 1 fully saturated rings. The van der Waals surface area contributed by atoms with Gasteiger partial charge in [-0.2, -0.15) is 0 Å². The van der Waals surface area contributed by atoms with E-state index < -0.39 is 29.4 Å². The second kappa shape index (κ2) is 8.35. The van der Waals surface area contributed by atoms with E-state index in [0.29, 0.717) is 10.7 Å². The molecule has 1 saturated heterocycles. The maximum absolute atomic E-state index is 13.1. The third kappa shape index (κ3) is 4.45. The minimum absolute atomic E-state index is 0.00183. The number of para-hydroxylation sites is 1. The highest BCUT2D eigenvalue weighted by molar-refractivity contribution is 6.33. The normalized spacial score (nSPS) is 16.2. The van der Waals surface area contributed by atoms with Crippen molar-refractivity contribution in [1.29, 1.82) is 0 Å². The van der Waals surface area contributed by atoms with Crippen molar-refractivity contribution >= 4 is 40.7 Å². The van der Waals surface area contributed by atoms with E-state index in [1.54, 1.807) is 24.3 Å². The van der Waals surface area contributed by atoms with E-state index in [2.05, 4.69) is 10.6 Å². The maximum atomic E-state index is 13.1. The molecule has 2 aromatic rings. The van der Waals surface area contributed by atoms with Crippen LogP contribution in [0.4, 0.5) is 20.2 Å². The van der Waals surface area contributed by atoms with Crippen molar-refractivity contribution < 1.29 is 23.2 Å². The highest BCUT2D eigenvalue weighted by Crippen LogP contribution is 2.30. The monoisotopic (exact) mass is 407 g/mol. The van der Waals surface area contributed by atoms with E-state index >= 15 is 0 Å². The van der Waals surface area contributed by atoms with E-state index in [-0.39, 0.29) is 31.1 Å². The predicted octanol–water partition coefficient (Wildman–Crippen LogP) is 2.73. The van der Waals surface area contributed by atoms with Gasteiger partial charge in [0, 0.05) is 24.7 Å². The zero-order valence-electron chi connectivity index (χ0n) is 14.5. The third-order valence-corrected chi connectivity index (χ3v) is 4.59. The summed E-state index contributed by atoms with van der Waals surface area (Å²) in [6.45, 7) is -0.214. The van der Waals surface area contributed by atoms with Gasteiger partial charge >= 0.3 is 0 Å². The van der Waals surface area contributed by atoms with Crippen molar-refractivity contribution in [3.63, 3.8) is 0 Å². The van der Waals surface area contributed by atoms with Crippen LogP contribution >= 0.6 is 11.6 Å². The predicted molar refractivity (Wildman–Crippen MR) is 99.9 cm³/mol. The Labute approximate surface area is 164 Å². The average molecular weight is 408 g/mol. The molecule has 0 unspecified atom stereocenters. The van der Waals surface area contributed by atoms with Gasteiger partial charge in [-0.25, -0.2) is 8.78 Å². The average Bonchev–Trinajstić information content (AvgIpc) is 3.05. The molecule has 0 saturated carbocycles. The first-order valence-corrected chi connectivity index (χ1v) is 8.80. The Morgan fingerprint density at radius 3 is 2.61 bits per heavy atom. The van der Waals surface area contributed by atoms with Crippen LogP contribution in [0.15, 0.2) is 42.5 Å². The number of carbonyl (C=O) groups is 3. The number of benzene rings is 2. The van der Waals surface area contributed by atoms with Gasteiger partial charge in [-0.1, -0.05) is 23.7 Å². The summed E-state index contributed by atoms with van der Waals surface area (Å²) in [6, 6.07) is 9.75. The first-order valence-electron chi connectivity index (χ1n) is 8.42. The fourth-order valence-corrected chi connectivity index (χ4v) is 3.12. The summed E-state index contributed by atoms with van der Waals surface area (Å²) in [4.78, 5) is 37.8. The van der Waals surface area contributed by atoms with Gasteiger partial charge in [0.15, 0.2) is 11.6 Å². The summed E-state index contributed by atoms with van der Waals surface area (Å²) in [7, 11) is 0. The number of nitrogens with zero attached hydrogens (tertiary/aromatic N) is 1. The van der Waals surface area contributed by atoms with Crippen LogP contribution in [-0.2, 0) is 14.4 Å². The minimum Gasteiger partial charge on any atom is -0.347 e. The Morgan fingerprint density at radius 1 is 1.14 bits per heavy atom. The second-order valence-corrected chi connectivity index (χ2v) is 6.66.